The van der Waals surface area contributed by atoms with Crippen LogP contribution >= 0.6 is 0 Å². The van der Waals surface area contributed by atoms with Crippen LogP contribution in [0.1, 0.15) is 121 Å². The van der Waals surface area contributed by atoms with E-state index < -0.39 is 6.85 Å². The summed E-state index contributed by atoms with van der Waals surface area (Å²) in [4.78, 5) is 0. The number of pyridine rings is 7. The monoisotopic (exact) mass is 1490 g/mol. The highest BCUT2D eigenvalue weighted by molar-refractivity contribution is 5.71. The van der Waals surface area contributed by atoms with E-state index in [9.17, 15) is 0 Å². The number of hydrogen-bond acceptors (Lipinski definition) is 0. The van der Waals surface area contributed by atoms with E-state index in [1.165, 1.54) is 173 Å². The van der Waals surface area contributed by atoms with Crippen molar-refractivity contribution in [1.29, 1.82) is 0 Å². The van der Waals surface area contributed by atoms with Gasteiger partial charge < -0.3 is 0 Å². The lowest BCUT2D eigenvalue weighted by Crippen LogP contribution is -2.31. The van der Waals surface area contributed by atoms with Gasteiger partial charge in [0.1, 0.15) is 49.3 Å². The van der Waals surface area contributed by atoms with Gasteiger partial charge >= 0.3 is 0 Å². The van der Waals surface area contributed by atoms with Gasteiger partial charge in [-0.1, -0.05) is 119 Å². The van der Waals surface area contributed by atoms with Gasteiger partial charge in [0.15, 0.2) is 43.4 Å². The maximum Gasteiger partial charge on any atom is 0.215 e. The van der Waals surface area contributed by atoms with Gasteiger partial charge in [0.25, 0.3) is 0 Å². The van der Waals surface area contributed by atoms with E-state index in [4.69, 9.17) is 4.11 Å². The summed E-state index contributed by atoms with van der Waals surface area (Å²) in [6.45, 7) is 40.9. The van der Waals surface area contributed by atoms with Crippen molar-refractivity contribution in [2.75, 3.05) is 0 Å². The van der Waals surface area contributed by atoms with Crippen molar-refractivity contribution in [3.8, 4) is 78.8 Å². The average Bonchev–Trinajstić information content (AvgIpc) is 0.817. The standard InChI is InChI=1S/7C15H18N/c1-11-7-5-9-14(13(11)3)15-12(2)8-6-10-16(15)4;2*1-11-7-5-8-12(2)14(11)15-13(3)9-6-10-16(15)4;2*1-11-7-8-12(2)14(10-11)15-13(3)6-5-9-16(15)4;2*1-11-7-8-14(13(3)10-11)15-12(2)6-5-9-16(15)4/h7*5-10H,1-4H3/q7*+1/i;;;;;1D3;. The summed E-state index contributed by atoms with van der Waals surface area (Å²) < 4.78 is 37.6. The topological polar surface area (TPSA) is 27.2 Å². The second kappa shape index (κ2) is 39.5. The van der Waals surface area contributed by atoms with E-state index in [2.05, 4.69) is 431 Å². The Morgan fingerprint density at radius 2 is 0.411 bits per heavy atom. The second-order valence-corrected chi connectivity index (χ2v) is 30.8. The zero-order chi connectivity index (χ0) is 84.4. The summed E-state index contributed by atoms with van der Waals surface area (Å²) >= 11 is 0. The van der Waals surface area contributed by atoms with Crippen LogP contribution in [0.3, 0.4) is 0 Å². The number of aryl methyl sites for hydroxylation is 27. The first kappa shape index (κ1) is 81.6. The van der Waals surface area contributed by atoms with Gasteiger partial charge in [-0.15, -0.1) is 0 Å². The van der Waals surface area contributed by atoms with Crippen molar-refractivity contribution in [2.45, 2.75) is 145 Å². The highest BCUT2D eigenvalue weighted by Gasteiger charge is 2.23. The summed E-state index contributed by atoms with van der Waals surface area (Å²) in [6.07, 6.45) is 14.6. The summed E-state index contributed by atoms with van der Waals surface area (Å²) in [6, 6.07) is 74.2. The molecule has 112 heavy (non-hydrogen) atoms. The quantitative estimate of drug-likeness (QED) is 0.142. The van der Waals surface area contributed by atoms with Crippen LogP contribution in [0.15, 0.2) is 256 Å². The molecule has 0 aliphatic carbocycles. The molecule has 0 aliphatic rings. The van der Waals surface area contributed by atoms with Gasteiger partial charge in [-0.25, -0.2) is 32.0 Å². The van der Waals surface area contributed by atoms with Crippen LogP contribution in [0.5, 0.6) is 0 Å². The van der Waals surface area contributed by atoms with Crippen LogP contribution in [0.4, 0.5) is 0 Å². The highest BCUT2D eigenvalue weighted by Crippen LogP contribution is 2.32. The molecule has 7 aromatic heterocycles. The zero-order valence-electron chi connectivity index (χ0n) is 75.4. The molecule has 0 N–H and O–H groups in total. The molecule has 0 bridgehead atoms. The van der Waals surface area contributed by atoms with E-state index in [0.29, 0.717) is 5.56 Å². The van der Waals surface area contributed by atoms with Gasteiger partial charge in [0.05, 0.1) is 11.1 Å². The Morgan fingerprint density at radius 3 is 0.705 bits per heavy atom. The molecule has 7 heterocycles. The Hall–Kier alpha value is -11.4. The molecular formula is C105H126N7+7. The molecule has 7 aromatic carbocycles. The van der Waals surface area contributed by atoms with Crippen LogP contribution in [-0.4, -0.2) is 0 Å². The van der Waals surface area contributed by atoms with Crippen LogP contribution in [-0.2, 0) is 49.3 Å². The lowest BCUT2D eigenvalue weighted by atomic mass is 9.97. The molecule has 0 fully saturated rings. The molecule has 7 nitrogen and oxygen atoms in total. The lowest BCUT2D eigenvalue weighted by molar-refractivity contribution is -0.660. The van der Waals surface area contributed by atoms with Crippen molar-refractivity contribution in [3.63, 3.8) is 0 Å². The van der Waals surface area contributed by atoms with Crippen LogP contribution in [0.2, 0.25) is 0 Å². The molecule has 14 rings (SSSR count). The van der Waals surface area contributed by atoms with E-state index in [-0.39, 0.29) is 0 Å². The molecule has 0 saturated carbocycles. The Balaban J connectivity index is 0.000000168. The van der Waals surface area contributed by atoms with Gasteiger partial charge in [-0.05, 0) is 274 Å². The number of hydrogen-bond donors (Lipinski definition) is 0. The van der Waals surface area contributed by atoms with E-state index in [1.807, 2.05) is 32.3 Å². The predicted molar refractivity (Wildman–Crippen MR) is 471 cm³/mol. The van der Waals surface area contributed by atoms with E-state index in [1.54, 1.807) is 12.1 Å². The van der Waals surface area contributed by atoms with Crippen LogP contribution < -0.4 is 32.0 Å². The second-order valence-electron chi connectivity index (χ2n) is 30.8. The van der Waals surface area contributed by atoms with Gasteiger partial charge in [-0.2, -0.15) is 0 Å². The predicted octanol–water partition coefficient (Wildman–Crippen LogP) is 21.7. The average molecular weight is 1490 g/mol. The smallest absolute Gasteiger partial charge is 0.201 e. The maximum atomic E-state index is 7.46. The third-order valence-corrected chi connectivity index (χ3v) is 21.4. The fourth-order valence-corrected chi connectivity index (χ4v) is 15.4. The van der Waals surface area contributed by atoms with Crippen LogP contribution in [0, 0.1) is 145 Å². The number of aromatic nitrogens is 7. The molecule has 0 unspecified atom stereocenters. The summed E-state index contributed by atoms with van der Waals surface area (Å²) in [5.41, 5.74) is 44.6. The molecule has 574 valence electrons. The number of nitrogens with zero attached hydrogens (tertiary/aromatic N) is 7. The first-order valence-electron chi connectivity index (χ1n) is 40.6. The SMILES string of the molecule is Cc1ccc(-c2c(C)ccc[n+]2C)c(C)c1.Cc1ccc(C)c(-c2c(C)ccc[n+]2C)c1.Cc1ccc(C)c(-c2c(C)ccc[n+]2C)c1.Cc1cccc(-c2c(C)ccc[n+]2C)c1C.Cc1cccc(C)c1-c1c(C)ccc[n+]1C.Cc1cccc(C)c1-c1c(C)ccc[n+]1C.[2H]C([2H])([2H])c1ccc(-c2c(C)ccc[n+]2C)c(C)c1. The summed E-state index contributed by atoms with van der Waals surface area (Å²) in [7, 11) is 14.6. The number of rotatable bonds is 7. The van der Waals surface area contributed by atoms with Crippen molar-refractivity contribution >= 4 is 0 Å². The zero-order valence-corrected chi connectivity index (χ0v) is 72.4. The molecule has 7 heteroatoms. The summed E-state index contributed by atoms with van der Waals surface area (Å²) in [5.74, 6) is 0. The Kier molecular flexibility index (Phi) is 28.8. The minimum atomic E-state index is -2.04. The molecule has 0 amide bonds. The lowest BCUT2D eigenvalue weighted by Gasteiger charge is -2.09. The van der Waals surface area contributed by atoms with E-state index in [0.717, 1.165) is 16.8 Å². The molecule has 0 atom stereocenters. The van der Waals surface area contributed by atoms with Gasteiger partial charge in [0, 0.05) is 113 Å². The van der Waals surface area contributed by atoms with Crippen molar-refractivity contribution in [1.82, 2.24) is 0 Å². The van der Waals surface area contributed by atoms with Crippen molar-refractivity contribution in [3.05, 3.63) is 373 Å². The Bertz CT molecular complexity index is 5220. The fraction of sp³-hybridized carbons (Fsp3) is 0.267. The Morgan fingerprint density at radius 1 is 0.179 bits per heavy atom. The minimum absolute atomic E-state index is 0.394. The van der Waals surface area contributed by atoms with Crippen LogP contribution in [0.25, 0.3) is 78.8 Å². The molecule has 0 aliphatic heterocycles. The van der Waals surface area contributed by atoms with E-state index >= 15 is 0 Å². The van der Waals surface area contributed by atoms with Crippen molar-refractivity contribution < 1.29 is 36.1 Å². The third-order valence-electron chi connectivity index (χ3n) is 21.4. The highest BCUT2D eigenvalue weighted by atomic mass is 15.0. The first-order chi connectivity index (χ1) is 54.4. The Labute approximate surface area is 678 Å². The van der Waals surface area contributed by atoms with Crippen molar-refractivity contribution in [2.24, 2.45) is 49.3 Å². The number of benzene rings is 7. The molecule has 0 radical (unpaired) electrons. The van der Waals surface area contributed by atoms with Gasteiger partial charge in [-0.3, -0.25) is 0 Å². The molecular weight excluding hydrogens is 1360 g/mol. The maximum absolute atomic E-state index is 7.46. The molecule has 0 spiro atoms. The third kappa shape index (κ3) is 21.6. The normalized spacial score (nSPS) is 11.0. The first-order valence-corrected chi connectivity index (χ1v) is 39.1. The fourth-order valence-electron chi connectivity index (χ4n) is 15.4. The largest absolute Gasteiger partial charge is 0.215 e. The summed E-state index contributed by atoms with van der Waals surface area (Å²) in [5, 5.41) is 0. The molecule has 0 saturated heterocycles. The van der Waals surface area contributed by atoms with Gasteiger partial charge in [0.2, 0.25) is 39.9 Å². The molecule has 14 aromatic rings. The minimum Gasteiger partial charge on any atom is -0.201 e.